The van der Waals surface area contributed by atoms with E-state index < -0.39 is 11.1 Å². The molecule has 1 aromatic heterocycles. The quantitative estimate of drug-likeness (QED) is 0.643. The Labute approximate surface area is 134 Å². The van der Waals surface area contributed by atoms with Crippen molar-refractivity contribution in [1.82, 2.24) is 19.4 Å². The van der Waals surface area contributed by atoms with Crippen LogP contribution in [0.3, 0.4) is 0 Å². The SMILES string of the molecule is CC[C@@H](O)CN1CCN(C(=O)CCn2cc[nH]c(=O)c2=O)CC1. The lowest BCUT2D eigenvalue weighted by Gasteiger charge is -2.35. The normalized spacial score (nSPS) is 17.2. The predicted molar refractivity (Wildman–Crippen MR) is 85.3 cm³/mol. The molecule has 1 aromatic rings. The van der Waals surface area contributed by atoms with Crippen molar-refractivity contribution in [2.75, 3.05) is 32.7 Å². The molecule has 8 heteroatoms. The molecule has 1 fully saturated rings. The van der Waals surface area contributed by atoms with Gasteiger partial charge in [0.2, 0.25) is 5.91 Å². The van der Waals surface area contributed by atoms with E-state index in [0.717, 1.165) is 19.5 Å². The van der Waals surface area contributed by atoms with E-state index in [4.69, 9.17) is 0 Å². The summed E-state index contributed by atoms with van der Waals surface area (Å²) < 4.78 is 1.25. The highest BCUT2D eigenvalue weighted by atomic mass is 16.3. The Kier molecular flexibility index (Phi) is 6.12. The van der Waals surface area contributed by atoms with E-state index in [1.54, 1.807) is 4.90 Å². The molecule has 8 nitrogen and oxygen atoms in total. The smallest absolute Gasteiger partial charge is 0.316 e. The number of piperazine rings is 1. The van der Waals surface area contributed by atoms with E-state index in [9.17, 15) is 19.5 Å². The van der Waals surface area contributed by atoms with Crippen LogP contribution in [-0.4, -0.2) is 69.2 Å². The van der Waals surface area contributed by atoms with Gasteiger partial charge in [0.25, 0.3) is 0 Å². The molecule has 0 saturated carbocycles. The molecule has 1 amide bonds. The van der Waals surface area contributed by atoms with E-state index in [-0.39, 0.29) is 25.0 Å². The van der Waals surface area contributed by atoms with Crippen LogP contribution in [0.2, 0.25) is 0 Å². The number of aromatic amines is 1. The molecule has 0 bridgehead atoms. The second-order valence-electron chi connectivity index (χ2n) is 5.78. The zero-order chi connectivity index (χ0) is 16.8. The van der Waals surface area contributed by atoms with Gasteiger partial charge < -0.3 is 19.6 Å². The molecule has 1 aliphatic heterocycles. The number of carbonyl (C=O) groups is 1. The number of β-amino-alcohol motifs (C(OH)–C–C–N with tert-alkyl or cyclic N) is 1. The van der Waals surface area contributed by atoms with Crippen molar-refractivity contribution >= 4 is 5.91 Å². The van der Waals surface area contributed by atoms with Gasteiger partial charge in [-0.3, -0.25) is 19.3 Å². The average molecular weight is 324 g/mol. The molecule has 1 saturated heterocycles. The van der Waals surface area contributed by atoms with E-state index in [1.165, 1.54) is 17.0 Å². The maximum absolute atomic E-state index is 12.2. The van der Waals surface area contributed by atoms with E-state index in [0.29, 0.717) is 19.6 Å². The zero-order valence-corrected chi connectivity index (χ0v) is 13.4. The number of rotatable bonds is 6. The summed E-state index contributed by atoms with van der Waals surface area (Å²) in [4.78, 5) is 41.3. The van der Waals surface area contributed by atoms with Crippen LogP contribution in [-0.2, 0) is 11.3 Å². The Bertz CT molecular complexity index is 631. The minimum atomic E-state index is -0.678. The van der Waals surface area contributed by atoms with Crippen LogP contribution in [0.5, 0.6) is 0 Å². The standard InChI is InChI=1S/C15H24N4O4/c1-2-12(20)11-17-7-9-18(10-8-17)13(21)3-5-19-6-4-16-14(22)15(19)23/h4,6,12,20H,2-3,5,7-11H2,1H3,(H,16,22)/t12-/m1/s1. The molecule has 2 heterocycles. The van der Waals surface area contributed by atoms with E-state index >= 15 is 0 Å². The Morgan fingerprint density at radius 2 is 2.00 bits per heavy atom. The fourth-order valence-corrected chi connectivity index (χ4v) is 2.62. The number of aliphatic hydroxyl groups excluding tert-OH is 1. The Balaban J connectivity index is 1.80. The number of H-pyrrole nitrogens is 1. The Morgan fingerprint density at radius 1 is 1.30 bits per heavy atom. The number of hydrogen-bond donors (Lipinski definition) is 2. The molecule has 0 aliphatic carbocycles. The maximum atomic E-state index is 12.2. The number of nitrogens with one attached hydrogen (secondary N) is 1. The van der Waals surface area contributed by atoms with E-state index in [2.05, 4.69) is 9.88 Å². The molecule has 0 spiro atoms. The Hall–Kier alpha value is -1.93. The average Bonchev–Trinajstić information content (AvgIpc) is 2.56. The summed E-state index contributed by atoms with van der Waals surface area (Å²) in [7, 11) is 0. The van der Waals surface area contributed by atoms with Crippen molar-refractivity contribution in [2.45, 2.75) is 32.4 Å². The lowest BCUT2D eigenvalue weighted by Crippen LogP contribution is -2.50. The highest BCUT2D eigenvalue weighted by molar-refractivity contribution is 5.76. The van der Waals surface area contributed by atoms with Gasteiger partial charge >= 0.3 is 11.1 Å². The summed E-state index contributed by atoms with van der Waals surface area (Å²) in [6.07, 6.45) is 3.47. The number of carbonyl (C=O) groups excluding carboxylic acids is 1. The molecule has 128 valence electrons. The molecule has 1 atom stereocenters. The van der Waals surface area contributed by atoms with Crippen molar-refractivity contribution < 1.29 is 9.90 Å². The second kappa shape index (κ2) is 8.07. The second-order valence-corrected chi connectivity index (χ2v) is 5.78. The molecule has 2 rings (SSSR count). The van der Waals surface area contributed by atoms with Crippen molar-refractivity contribution in [1.29, 1.82) is 0 Å². The highest BCUT2D eigenvalue weighted by Gasteiger charge is 2.22. The van der Waals surface area contributed by atoms with Crippen LogP contribution >= 0.6 is 0 Å². The number of nitrogens with zero attached hydrogens (tertiary/aromatic N) is 3. The number of aryl methyl sites for hydroxylation is 1. The maximum Gasteiger partial charge on any atom is 0.316 e. The molecule has 23 heavy (non-hydrogen) atoms. The van der Waals surface area contributed by atoms with Crippen LogP contribution in [0.15, 0.2) is 22.0 Å². The molecule has 2 N–H and O–H groups in total. The largest absolute Gasteiger partial charge is 0.392 e. The van der Waals surface area contributed by atoms with Gasteiger partial charge in [-0.2, -0.15) is 0 Å². The fourth-order valence-electron chi connectivity index (χ4n) is 2.62. The highest BCUT2D eigenvalue weighted by Crippen LogP contribution is 2.06. The van der Waals surface area contributed by atoms with Crippen LogP contribution in [0.4, 0.5) is 0 Å². The summed E-state index contributed by atoms with van der Waals surface area (Å²) >= 11 is 0. The van der Waals surface area contributed by atoms with Gasteiger partial charge in [0.05, 0.1) is 6.10 Å². The summed E-state index contributed by atoms with van der Waals surface area (Å²) in [5.74, 6) is -0.0205. The zero-order valence-electron chi connectivity index (χ0n) is 13.4. The third-order valence-electron chi connectivity index (χ3n) is 4.16. The molecule has 1 aliphatic rings. The van der Waals surface area contributed by atoms with Gasteiger partial charge in [0, 0.05) is 58.1 Å². The molecular formula is C15H24N4O4. The fraction of sp³-hybridized carbons (Fsp3) is 0.667. The van der Waals surface area contributed by atoms with Crippen molar-refractivity contribution in [3.63, 3.8) is 0 Å². The summed E-state index contributed by atoms with van der Waals surface area (Å²) in [6, 6.07) is 0. The lowest BCUT2D eigenvalue weighted by molar-refractivity contribution is -0.133. The molecule has 0 aromatic carbocycles. The predicted octanol–water partition coefficient (Wildman–Crippen LogP) is -1.16. The third-order valence-corrected chi connectivity index (χ3v) is 4.16. The molecule has 0 unspecified atom stereocenters. The number of amides is 1. The first-order valence-corrected chi connectivity index (χ1v) is 7.97. The first-order valence-electron chi connectivity index (χ1n) is 7.97. The van der Waals surface area contributed by atoms with Crippen molar-refractivity contribution in [3.8, 4) is 0 Å². The molecular weight excluding hydrogens is 300 g/mol. The Morgan fingerprint density at radius 3 is 2.65 bits per heavy atom. The van der Waals surface area contributed by atoms with Gasteiger partial charge in [-0.15, -0.1) is 0 Å². The minimum absolute atomic E-state index is 0.0205. The van der Waals surface area contributed by atoms with E-state index in [1.807, 2.05) is 6.92 Å². The summed E-state index contributed by atoms with van der Waals surface area (Å²) in [6.45, 7) is 5.53. The number of aromatic nitrogens is 2. The van der Waals surface area contributed by atoms with Gasteiger partial charge in [-0.1, -0.05) is 6.92 Å². The molecule has 0 radical (unpaired) electrons. The number of aliphatic hydroxyl groups is 1. The van der Waals surface area contributed by atoms with Gasteiger partial charge in [0.15, 0.2) is 0 Å². The van der Waals surface area contributed by atoms with Gasteiger partial charge in [0.1, 0.15) is 0 Å². The lowest BCUT2D eigenvalue weighted by atomic mass is 10.2. The summed E-state index contributed by atoms with van der Waals surface area (Å²) in [5.41, 5.74) is -1.32. The number of hydrogen-bond acceptors (Lipinski definition) is 5. The van der Waals surface area contributed by atoms with Crippen LogP contribution in [0, 0.1) is 0 Å². The van der Waals surface area contributed by atoms with Crippen LogP contribution in [0.25, 0.3) is 0 Å². The first kappa shape index (κ1) is 17.4. The summed E-state index contributed by atoms with van der Waals surface area (Å²) in [5, 5.41) is 9.66. The third kappa shape index (κ3) is 4.77. The van der Waals surface area contributed by atoms with Gasteiger partial charge in [-0.25, -0.2) is 0 Å². The van der Waals surface area contributed by atoms with Crippen LogP contribution in [0.1, 0.15) is 19.8 Å². The van der Waals surface area contributed by atoms with Crippen LogP contribution < -0.4 is 11.1 Å². The minimum Gasteiger partial charge on any atom is -0.392 e. The van der Waals surface area contributed by atoms with Gasteiger partial charge in [-0.05, 0) is 6.42 Å². The monoisotopic (exact) mass is 324 g/mol. The van der Waals surface area contributed by atoms with Crippen molar-refractivity contribution in [2.24, 2.45) is 0 Å². The first-order chi connectivity index (χ1) is 11.0. The topological polar surface area (TPSA) is 98.6 Å². The van der Waals surface area contributed by atoms with Crippen molar-refractivity contribution in [3.05, 3.63) is 33.1 Å².